The van der Waals surface area contributed by atoms with Crippen molar-refractivity contribution < 1.29 is 8.83 Å². The Morgan fingerprint density at radius 1 is 0.821 bits per heavy atom. The molecule has 0 aliphatic heterocycles. The summed E-state index contributed by atoms with van der Waals surface area (Å²) in [6.07, 6.45) is 2.00. The van der Waals surface area contributed by atoms with Gasteiger partial charge >= 0.3 is 0 Å². The second-order valence-electron chi connectivity index (χ2n) is 6.49. The highest BCUT2D eigenvalue weighted by molar-refractivity contribution is 9.10. The first kappa shape index (κ1) is 16.6. The average molecular weight is 514 g/mol. The monoisotopic (exact) mass is 512 g/mol. The van der Waals surface area contributed by atoms with Gasteiger partial charge < -0.3 is 8.83 Å². The third kappa shape index (κ3) is 2.57. The van der Waals surface area contributed by atoms with Crippen molar-refractivity contribution in [2.24, 2.45) is 0 Å². The van der Waals surface area contributed by atoms with Gasteiger partial charge in [0, 0.05) is 31.3 Å². The Morgan fingerprint density at radius 3 is 2.18 bits per heavy atom. The van der Waals surface area contributed by atoms with Gasteiger partial charge in [-0.15, -0.1) is 11.3 Å². The standard InChI is InChI=1S/C21H10Br2N2O2S/c22-13-1-3-17-11(5-13)7-19(26-17)15-9-25-16(10-28-21(25)24-15)20-8-12-6-14(23)2-4-18(12)27-20/h1-10H. The van der Waals surface area contributed by atoms with E-state index in [1.165, 1.54) is 0 Å². The molecule has 0 bridgehead atoms. The van der Waals surface area contributed by atoms with Gasteiger partial charge in [-0.2, -0.15) is 0 Å². The van der Waals surface area contributed by atoms with Gasteiger partial charge in [-0.1, -0.05) is 31.9 Å². The molecule has 6 aromatic rings. The van der Waals surface area contributed by atoms with Crippen LogP contribution in [-0.4, -0.2) is 9.38 Å². The fourth-order valence-corrected chi connectivity index (χ4v) is 4.98. The van der Waals surface area contributed by atoms with Crippen LogP contribution in [0.25, 0.3) is 49.8 Å². The normalized spacial score (nSPS) is 11.9. The number of furan rings is 2. The predicted molar refractivity (Wildman–Crippen MR) is 119 cm³/mol. The number of halogens is 2. The maximum absolute atomic E-state index is 6.06. The van der Waals surface area contributed by atoms with Crippen molar-refractivity contribution in [2.45, 2.75) is 0 Å². The van der Waals surface area contributed by atoms with E-state index in [4.69, 9.17) is 13.8 Å². The maximum atomic E-state index is 6.06. The van der Waals surface area contributed by atoms with Crippen LogP contribution in [0.4, 0.5) is 0 Å². The third-order valence-electron chi connectivity index (χ3n) is 4.67. The molecule has 0 unspecified atom stereocenters. The zero-order valence-corrected chi connectivity index (χ0v) is 18.1. The van der Waals surface area contributed by atoms with Gasteiger partial charge in [-0.05, 0) is 48.5 Å². The van der Waals surface area contributed by atoms with Gasteiger partial charge in [-0.3, -0.25) is 4.40 Å². The molecule has 0 saturated carbocycles. The van der Waals surface area contributed by atoms with E-state index < -0.39 is 0 Å². The molecule has 0 atom stereocenters. The summed E-state index contributed by atoms with van der Waals surface area (Å²) in [6, 6.07) is 16.0. The van der Waals surface area contributed by atoms with Crippen LogP contribution in [0.1, 0.15) is 0 Å². The lowest BCUT2D eigenvalue weighted by Crippen LogP contribution is -1.80. The van der Waals surface area contributed by atoms with Gasteiger partial charge in [0.05, 0.1) is 0 Å². The van der Waals surface area contributed by atoms with Crippen molar-refractivity contribution in [1.82, 2.24) is 9.38 Å². The Kier molecular flexibility index (Phi) is 3.60. The van der Waals surface area contributed by atoms with E-state index in [0.29, 0.717) is 0 Å². The largest absolute Gasteiger partial charge is 0.454 e. The van der Waals surface area contributed by atoms with E-state index in [2.05, 4.69) is 53.8 Å². The average Bonchev–Trinajstić information content (AvgIpc) is 3.41. The topological polar surface area (TPSA) is 43.6 Å². The minimum Gasteiger partial charge on any atom is -0.454 e. The number of fused-ring (bicyclic) bond motifs is 3. The van der Waals surface area contributed by atoms with Crippen LogP contribution in [0.5, 0.6) is 0 Å². The lowest BCUT2D eigenvalue weighted by molar-refractivity contribution is 0.627. The van der Waals surface area contributed by atoms with Crippen molar-refractivity contribution in [1.29, 1.82) is 0 Å². The van der Waals surface area contributed by atoms with Crippen molar-refractivity contribution in [3.8, 4) is 22.9 Å². The molecule has 0 radical (unpaired) electrons. The second-order valence-corrected chi connectivity index (χ2v) is 9.15. The molecule has 4 nitrogen and oxygen atoms in total. The van der Waals surface area contributed by atoms with Crippen LogP contribution in [0.2, 0.25) is 0 Å². The minimum absolute atomic E-state index is 0.753. The quantitative estimate of drug-likeness (QED) is 0.238. The van der Waals surface area contributed by atoms with Crippen LogP contribution >= 0.6 is 43.2 Å². The van der Waals surface area contributed by atoms with Gasteiger partial charge in [-0.25, -0.2) is 4.98 Å². The molecule has 6 rings (SSSR count). The molecule has 0 N–H and O–H groups in total. The maximum Gasteiger partial charge on any atom is 0.194 e. The Morgan fingerprint density at radius 2 is 1.46 bits per heavy atom. The number of hydrogen-bond donors (Lipinski definition) is 0. The molecule has 7 heteroatoms. The van der Waals surface area contributed by atoms with Gasteiger partial charge in [0.1, 0.15) is 22.6 Å². The summed E-state index contributed by atoms with van der Waals surface area (Å²) in [5.41, 5.74) is 3.49. The first-order valence-electron chi connectivity index (χ1n) is 8.50. The molecule has 28 heavy (non-hydrogen) atoms. The Labute approximate surface area is 179 Å². The molecule has 136 valence electrons. The van der Waals surface area contributed by atoms with Crippen LogP contribution in [0, 0.1) is 0 Å². The van der Waals surface area contributed by atoms with Crippen LogP contribution in [-0.2, 0) is 0 Å². The molecule has 0 amide bonds. The Balaban J connectivity index is 1.48. The number of imidazole rings is 1. The summed E-state index contributed by atoms with van der Waals surface area (Å²) in [7, 11) is 0. The van der Waals surface area contributed by atoms with E-state index in [9.17, 15) is 0 Å². The van der Waals surface area contributed by atoms with Crippen LogP contribution in [0.15, 0.2) is 77.9 Å². The summed E-state index contributed by atoms with van der Waals surface area (Å²) in [4.78, 5) is 5.64. The zero-order valence-electron chi connectivity index (χ0n) is 14.1. The second kappa shape index (κ2) is 6.07. The molecule has 0 aliphatic carbocycles. The molecule has 4 heterocycles. The zero-order chi connectivity index (χ0) is 18.8. The minimum atomic E-state index is 0.753. The number of hydrogen-bond acceptors (Lipinski definition) is 4. The van der Waals surface area contributed by atoms with Crippen LogP contribution in [0.3, 0.4) is 0 Å². The lowest BCUT2D eigenvalue weighted by Gasteiger charge is -1.93. The summed E-state index contributed by atoms with van der Waals surface area (Å²) in [5, 5.41) is 4.17. The smallest absolute Gasteiger partial charge is 0.194 e. The SMILES string of the molecule is Brc1ccc2oc(-c3cn4c(-c5cc6cc(Br)ccc6o5)csc4n3)cc2c1. The molecule has 4 aromatic heterocycles. The lowest BCUT2D eigenvalue weighted by atomic mass is 10.2. The van der Waals surface area contributed by atoms with Crippen molar-refractivity contribution >= 4 is 70.1 Å². The Hall–Kier alpha value is -2.35. The first-order chi connectivity index (χ1) is 13.6. The highest BCUT2D eigenvalue weighted by Crippen LogP contribution is 2.35. The molecular weight excluding hydrogens is 504 g/mol. The van der Waals surface area contributed by atoms with Crippen LogP contribution < -0.4 is 0 Å². The number of rotatable bonds is 2. The molecule has 0 fully saturated rings. The molecule has 2 aromatic carbocycles. The van der Waals surface area contributed by atoms with E-state index in [-0.39, 0.29) is 0 Å². The fourth-order valence-electron chi connectivity index (χ4n) is 3.36. The number of benzene rings is 2. The van der Waals surface area contributed by atoms with Crippen molar-refractivity contribution in [3.63, 3.8) is 0 Å². The number of thiazole rings is 1. The third-order valence-corrected chi connectivity index (χ3v) is 6.50. The molecule has 0 saturated heterocycles. The summed E-state index contributed by atoms with van der Waals surface area (Å²) in [6.45, 7) is 0. The van der Waals surface area contributed by atoms with E-state index in [1.807, 2.05) is 42.6 Å². The van der Waals surface area contributed by atoms with E-state index in [1.54, 1.807) is 11.3 Å². The van der Waals surface area contributed by atoms with Crippen molar-refractivity contribution in [2.75, 3.05) is 0 Å². The van der Waals surface area contributed by atoms with Gasteiger partial charge in [0.2, 0.25) is 0 Å². The number of aromatic nitrogens is 2. The highest BCUT2D eigenvalue weighted by Gasteiger charge is 2.16. The van der Waals surface area contributed by atoms with Gasteiger partial charge in [0.25, 0.3) is 0 Å². The predicted octanol–water partition coefficient (Wildman–Crippen LogP) is 7.75. The molecule has 0 aliphatic rings. The molecular formula is C21H10Br2N2O2S. The summed E-state index contributed by atoms with van der Waals surface area (Å²) in [5.74, 6) is 1.57. The number of nitrogens with zero attached hydrogens (tertiary/aromatic N) is 2. The first-order valence-corrected chi connectivity index (χ1v) is 11.0. The summed E-state index contributed by atoms with van der Waals surface area (Å²) >= 11 is 8.59. The van der Waals surface area contributed by atoms with Gasteiger partial charge in [0.15, 0.2) is 16.5 Å². The Bertz CT molecular complexity index is 1510. The van der Waals surface area contributed by atoms with E-state index in [0.717, 1.165) is 58.8 Å². The van der Waals surface area contributed by atoms with E-state index >= 15 is 0 Å². The molecule has 0 spiro atoms. The highest BCUT2D eigenvalue weighted by atomic mass is 79.9. The van der Waals surface area contributed by atoms with Crippen molar-refractivity contribution in [3.05, 3.63) is 69.1 Å². The fraction of sp³-hybridized carbons (Fsp3) is 0. The summed E-state index contributed by atoms with van der Waals surface area (Å²) < 4.78 is 16.2.